The van der Waals surface area contributed by atoms with Crippen molar-refractivity contribution >= 4 is 17.4 Å². The highest BCUT2D eigenvalue weighted by Crippen LogP contribution is 2.37. The second-order valence-electron chi connectivity index (χ2n) is 4.75. The summed E-state index contributed by atoms with van der Waals surface area (Å²) >= 11 is 6.08. The molecule has 0 spiro atoms. The van der Waals surface area contributed by atoms with Gasteiger partial charge in [0, 0.05) is 16.1 Å². The van der Waals surface area contributed by atoms with Crippen LogP contribution in [0.25, 0.3) is 11.1 Å². The van der Waals surface area contributed by atoms with Gasteiger partial charge in [-0.1, -0.05) is 29.3 Å². The van der Waals surface area contributed by atoms with Crippen LogP contribution in [0.15, 0.2) is 48.7 Å². The zero-order valence-corrected chi connectivity index (χ0v) is 12.2. The van der Waals surface area contributed by atoms with Crippen molar-refractivity contribution in [3.63, 3.8) is 0 Å². The number of halogens is 1. The maximum atomic E-state index is 6.08. The Balaban J connectivity index is 2.02. The van der Waals surface area contributed by atoms with E-state index < -0.39 is 0 Å². The smallest absolute Gasteiger partial charge is 0.135 e. The molecule has 5 heteroatoms. The lowest BCUT2D eigenvalue weighted by atomic mass is 10.1. The van der Waals surface area contributed by atoms with Gasteiger partial charge in [-0.2, -0.15) is 5.10 Å². The monoisotopic (exact) mass is 299 g/mol. The summed E-state index contributed by atoms with van der Waals surface area (Å²) in [7, 11) is 0. The number of H-pyrrole nitrogens is 1. The molecule has 0 aliphatic heterocycles. The standard InChI is InChI=1S/C16H14ClN3O/c1-10-2-5-12(6-3-10)21-15-7-4-11(17)8-13(15)14-9-19-20-16(14)18/h2-9H,1H3,(H3,18,19,20). The predicted octanol–water partition coefficient (Wildman–Crippen LogP) is 4.41. The van der Waals surface area contributed by atoms with Crippen LogP contribution in [0, 0.1) is 6.92 Å². The van der Waals surface area contributed by atoms with Gasteiger partial charge >= 0.3 is 0 Å². The van der Waals surface area contributed by atoms with Gasteiger partial charge in [0.1, 0.15) is 17.3 Å². The normalized spacial score (nSPS) is 10.6. The number of ether oxygens (including phenoxy) is 1. The first-order valence-corrected chi connectivity index (χ1v) is 6.84. The number of aromatic nitrogens is 2. The fraction of sp³-hybridized carbons (Fsp3) is 0.0625. The summed E-state index contributed by atoms with van der Waals surface area (Å²) < 4.78 is 5.94. The number of rotatable bonds is 3. The summed E-state index contributed by atoms with van der Waals surface area (Å²) in [6.45, 7) is 2.03. The van der Waals surface area contributed by atoms with Gasteiger partial charge in [-0.05, 0) is 37.3 Å². The largest absolute Gasteiger partial charge is 0.457 e. The summed E-state index contributed by atoms with van der Waals surface area (Å²) in [5.41, 5.74) is 8.63. The molecule has 0 atom stereocenters. The maximum Gasteiger partial charge on any atom is 0.135 e. The first kappa shape index (κ1) is 13.5. The van der Waals surface area contributed by atoms with Gasteiger partial charge in [0.25, 0.3) is 0 Å². The number of hydrogen-bond acceptors (Lipinski definition) is 3. The highest BCUT2D eigenvalue weighted by molar-refractivity contribution is 6.31. The minimum absolute atomic E-state index is 0.478. The van der Waals surface area contributed by atoms with Gasteiger partial charge in [-0.25, -0.2) is 0 Å². The third-order valence-corrected chi connectivity index (χ3v) is 3.38. The molecule has 0 fully saturated rings. The van der Waals surface area contributed by atoms with Gasteiger partial charge in [-0.3, -0.25) is 5.10 Å². The number of nitrogens with zero attached hydrogens (tertiary/aromatic N) is 1. The van der Waals surface area contributed by atoms with Crippen LogP contribution in [0.4, 0.5) is 5.82 Å². The molecule has 21 heavy (non-hydrogen) atoms. The second-order valence-corrected chi connectivity index (χ2v) is 5.19. The van der Waals surface area contributed by atoms with Crippen LogP contribution in [0.2, 0.25) is 5.02 Å². The van der Waals surface area contributed by atoms with Crippen molar-refractivity contribution in [1.82, 2.24) is 10.2 Å². The Kier molecular flexibility index (Phi) is 3.54. The Morgan fingerprint density at radius 1 is 1.10 bits per heavy atom. The molecule has 0 saturated carbocycles. The number of aromatic amines is 1. The van der Waals surface area contributed by atoms with E-state index in [0.717, 1.165) is 16.9 Å². The molecule has 0 amide bonds. The van der Waals surface area contributed by atoms with E-state index in [9.17, 15) is 0 Å². The Bertz CT molecular complexity index is 765. The quantitative estimate of drug-likeness (QED) is 0.753. The molecule has 0 aliphatic rings. The average Bonchev–Trinajstić information content (AvgIpc) is 2.89. The molecule has 0 saturated heterocycles. The van der Waals surface area contributed by atoms with Crippen LogP contribution in [0.5, 0.6) is 11.5 Å². The molecule has 3 aromatic rings. The Labute approximate surface area is 127 Å². The van der Waals surface area contributed by atoms with E-state index in [4.69, 9.17) is 22.1 Å². The third-order valence-electron chi connectivity index (χ3n) is 3.15. The van der Waals surface area contributed by atoms with Crippen molar-refractivity contribution in [2.45, 2.75) is 6.92 Å². The van der Waals surface area contributed by atoms with Crippen molar-refractivity contribution < 1.29 is 4.74 Å². The van der Waals surface area contributed by atoms with Crippen LogP contribution in [0.1, 0.15) is 5.56 Å². The first-order valence-electron chi connectivity index (χ1n) is 6.47. The fourth-order valence-corrected chi connectivity index (χ4v) is 2.22. The SMILES string of the molecule is Cc1ccc(Oc2ccc(Cl)cc2-c2cn[nH]c2N)cc1. The van der Waals surface area contributed by atoms with Crippen LogP contribution < -0.4 is 10.5 Å². The molecular weight excluding hydrogens is 286 g/mol. The van der Waals surface area contributed by atoms with Crippen LogP contribution in [-0.4, -0.2) is 10.2 Å². The topological polar surface area (TPSA) is 63.9 Å². The number of benzene rings is 2. The molecular formula is C16H14ClN3O. The highest BCUT2D eigenvalue weighted by atomic mass is 35.5. The summed E-state index contributed by atoms with van der Waals surface area (Å²) in [5, 5.41) is 7.27. The molecule has 3 rings (SSSR count). The minimum atomic E-state index is 0.478. The van der Waals surface area contributed by atoms with Crippen LogP contribution in [0.3, 0.4) is 0 Å². The summed E-state index contributed by atoms with van der Waals surface area (Å²) in [6, 6.07) is 13.3. The first-order chi connectivity index (χ1) is 10.1. The lowest BCUT2D eigenvalue weighted by Crippen LogP contribution is -1.91. The van der Waals surface area contributed by atoms with E-state index in [0.29, 0.717) is 16.6 Å². The molecule has 1 heterocycles. The van der Waals surface area contributed by atoms with Gasteiger partial charge < -0.3 is 10.5 Å². The Morgan fingerprint density at radius 2 is 1.86 bits per heavy atom. The number of nitrogens with two attached hydrogens (primary N) is 1. The van der Waals surface area contributed by atoms with Crippen LogP contribution in [-0.2, 0) is 0 Å². The highest BCUT2D eigenvalue weighted by Gasteiger charge is 2.12. The van der Waals surface area contributed by atoms with Crippen molar-refractivity contribution in [3.05, 3.63) is 59.2 Å². The maximum absolute atomic E-state index is 6.08. The molecule has 4 nitrogen and oxygen atoms in total. The van der Waals surface area contributed by atoms with Crippen LogP contribution >= 0.6 is 11.6 Å². The molecule has 0 unspecified atom stereocenters. The van der Waals surface area contributed by atoms with Crippen molar-refractivity contribution in [2.24, 2.45) is 0 Å². The van der Waals surface area contributed by atoms with E-state index in [1.807, 2.05) is 43.3 Å². The molecule has 2 aromatic carbocycles. The molecule has 106 valence electrons. The van der Waals surface area contributed by atoms with Crippen molar-refractivity contribution in [2.75, 3.05) is 5.73 Å². The van der Waals surface area contributed by atoms with Gasteiger partial charge in [0.2, 0.25) is 0 Å². The number of anilines is 1. The average molecular weight is 300 g/mol. The number of nitrogen functional groups attached to an aromatic ring is 1. The molecule has 1 aromatic heterocycles. The number of aryl methyl sites for hydroxylation is 1. The fourth-order valence-electron chi connectivity index (χ4n) is 2.05. The Morgan fingerprint density at radius 3 is 2.52 bits per heavy atom. The molecule has 0 radical (unpaired) electrons. The van der Waals surface area contributed by atoms with E-state index in [1.54, 1.807) is 12.3 Å². The van der Waals surface area contributed by atoms with Gasteiger partial charge in [0.05, 0.1) is 6.20 Å². The molecule has 0 bridgehead atoms. The molecule has 0 aliphatic carbocycles. The lowest BCUT2D eigenvalue weighted by molar-refractivity contribution is 0.484. The van der Waals surface area contributed by atoms with E-state index in [1.165, 1.54) is 5.56 Å². The van der Waals surface area contributed by atoms with E-state index >= 15 is 0 Å². The predicted molar refractivity (Wildman–Crippen MR) is 84.7 cm³/mol. The van der Waals surface area contributed by atoms with E-state index in [2.05, 4.69) is 10.2 Å². The minimum Gasteiger partial charge on any atom is -0.457 e. The summed E-state index contributed by atoms with van der Waals surface area (Å²) in [6.07, 6.45) is 1.66. The molecule has 3 N–H and O–H groups in total. The second kappa shape index (κ2) is 5.50. The summed E-state index contributed by atoms with van der Waals surface area (Å²) in [5.74, 6) is 1.91. The zero-order valence-electron chi connectivity index (χ0n) is 11.4. The van der Waals surface area contributed by atoms with Crippen molar-refractivity contribution in [3.8, 4) is 22.6 Å². The zero-order chi connectivity index (χ0) is 14.8. The number of nitrogens with one attached hydrogen (secondary N) is 1. The number of hydrogen-bond donors (Lipinski definition) is 2. The van der Waals surface area contributed by atoms with Gasteiger partial charge in [0.15, 0.2) is 0 Å². The Hall–Kier alpha value is -2.46. The van der Waals surface area contributed by atoms with Crippen molar-refractivity contribution in [1.29, 1.82) is 0 Å². The third kappa shape index (κ3) is 2.85. The summed E-state index contributed by atoms with van der Waals surface area (Å²) in [4.78, 5) is 0. The van der Waals surface area contributed by atoms with Gasteiger partial charge in [-0.15, -0.1) is 0 Å². The van der Waals surface area contributed by atoms with E-state index in [-0.39, 0.29) is 0 Å². The lowest BCUT2D eigenvalue weighted by Gasteiger charge is -2.11.